The Morgan fingerprint density at radius 1 is 1.04 bits per heavy atom. The second kappa shape index (κ2) is 7.75. The van der Waals surface area contributed by atoms with Gasteiger partial charge >= 0.3 is 0 Å². The third kappa shape index (κ3) is 4.78. The first-order chi connectivity index (χ1) is 12.3. The van der Waals surface area contributed by atoms with Crippen LogP contribution < -0.4 is 5.32 Å². The van der Waals surface area contributed by atoms with Gasteiger partial charge in [0.1, 0.15) is 0 Å². The summed E-state index contributed by atoms with van der Waals surface area (Å²) in [5.41, 5.74) is 3.51. The van der Waals surface area contributed by atoms with Gasteiger partial charge in [0.05, 0.1) is 5.69 Å². The molecule has 0 saturated heterocycles. The van der Waals surface area contributed by atoms with E-state index in [2.05, 4.69) is 83.0 Å². The van der Waals surface area contributed by atoms with Crippen molar-refractivity contribution in [3.8, 4) is 0 Å². The topological polar surface area (TPSA) is 42.0 Å². The molecule has 0 bridgehead atoms. The molecule has 0 spiro atoms. The molecule has 0 unspecified atom stereocenters. The number of hydrogen-bond donors (Lipinski definition) is 1. The van der Waals surface area contributed by atoms with Crippen LogP contribution in [0.1, 0.15) is 65.3 Å². The minimum absolute atomic E-state index is 0.0491. The summed E-state index contributed by atoms with van der Waals surface area (Å²) < 4.78 is 0. The molecule has 4 heteroatoms. The van der Waals surface area contributed by atoms with Gasteiger partial charge in [-0.25, -0.2) is 4.98 Å². The van der Waals surface area contributed by atoms with Crippen molar-refractivity contribution in [2.45, 2.75) is 66.7 Å². The molecular weight excluding hydrogens is 352 g/mol. The van der Waals surface area contributed by atoms with Crippen molar-refractivity contribution in [3.05, 3.63) is 53.4 Å². The Balaban J connectivity index is 2.12. The van der Waals surface area contributed by atoms with Crippen molar-refractivity contribution < 1.29 is 4.79 Å². The minimum atomic E-state index is -0.180. The third-order valence-corrected chi connectivity index (χ3v) is 6.32. The molecule has 0 atom stereocenters. The highest BCUT2D eigenvalue weighted by Crippen LogP contribution is 2.52. The van der Waals surface area contributed by atoms with E-state index in [1.807, 2.05) is 5.38 Å². The predicted octanol–water partition coefficient (Wildman–Crippen LogP) is 6.05. The molecule has 2 aromatic rings. The summed E-state index contributed by atoms with van der Waals surface area (Å²) in [6.07, 6.45) is 1.79. The van der Waals surface area contributed by atoms with Crippen molar-refractivity contribution in [2.24, 2.45) is 10.8 Å². The van der Waals surface area contributed by atoms with Gasteiger partial charge in [0.25, 0.3) is 0 Å². The summed E-state index contributed by atoms with van der Waals surface area (Å²) in [7, 11) is 0. The van der Waals surface area contributed by atoms with Crippen LogP contribution in [0.4, 0.5) is 5.13 Å². The molecule has 1 radical (unpaired) electrons. The largest absolute Gasteiger partial charge is 0.302 e. The zero-order chi connectivity index (χ0) is 20.5. The highest BCUT2D eigenvalue weighted by molar-refractivity contribution is 7.13. The lowest BCUT2D eigenvalue weighted by molar-refractivity contribution is -0.114. The first kappa shape index (κ1) is 21.6. The normalized spacial score (nSPS) is 12.9. The monoisotopic (exact) mass is 385 g/mol. The summed E-state index contributed by atoms with van der Waals surface area (Å²) in [5.74, 6) is -0.0826. The smallest absolute Gasteiger partial charge is 0.223 e. The molecule has 0 fully saturated rings. The van der Waals surface area contributed by atoms with Gasteiger partial charge in [0.15, 0.2) is 5.13 Å². The van der Waals surface area contributed by atoms with Crippen molar-refractivity contribution >= 4 is 22.4 Å². The Kier molecular flexibility index (Phi) is 6.20. The van der Waals surface area contributed by atoms with Crippen molar-refractivity contribution in [1.29, 1.82) is 0 Å². The summed E-state index contributed by atoms with van der Waals surface area (Å²) in [6, 6.07) is 8.91. The number of rotatable bonds is 5. The van der Waals surface area contributed by atoms with E-state index in [4.69, 9.17) is 0 Å². The minimum Gasteiger partial charge on any atom is -0.302 e. The Morgan fingerprint density at radius 3 is 2.07 bits per heavy atom. The number of carbonyl (C=O) groups is 1. The molecule has 0 aliphatic rings. The second-order valence-electron chi connectivity index (χ2n) is 9.43. The molecule has 0 saturated carbocycles. The lowest BCUT2D eigenvalue weighted by Crippen LogP contribution is -2.48. The number of thiazole rings is 1. The van der Waals surface area contributed by atoms with Gasteiger partial charge in [-0.3, -0.25) is 4.79 Å². The Morgan fingerprint density at radius 2 is 1.59 bits per heavy atom. The predicted molar refractivity (Wildman–Crippen MR) is 116 cm³/mol. The lowest BCUT2D eigenvalue weighted by Gasteiger charge is -2.52. The van der Waals surface area contributed by atoms with Gasteiger partial charge in [-0.1, -0.05) is 65.8 Å². The van der Waals surface area contributed by atoms with E-state index in [-0.39, 0.29) is 22.2 Å². The van der Waals surface area contributed by atoms with Gasteiger partial charge in [-0.15, -0.1) is 11.3 Å². The standard InChI is InChI=1S/C23H33N2OS/c1-16(26)24-20-25-19(15-27-20)14-11-17-9-12-18(13-10-17)23(8,21(2,3)4)22(5,6)7/h9-10,12-13,15H,8,11,14H2,1-7H3,(H,24,25,26). The highest BCUT2D eigenvalue weighted by atomic mass is 32.1. The van der Waals surface area contributed by atoms with Crippen LogP contribution in [0.15, 0.2) is 29.6 Å². The average Bonchev–Trinajstić information content (AvgIpc) is 2.97. The molecule has 1 N–H and O–H groups in total. The van der Waals surface area contributed by atoms with E-state index in [1.54, 1.807) is 0 Å². The van der Waals surface area contributed by atoms with Gasteiger partial charge in [0.2, 0.25) is 5.91 Å². The van der Waals surface area contributed by atoms with Crippen LogP contribution in [-0.2, 0) is 23.1 Å². The number of anilines is 1. The Hall–Kier alpha value is -1.68. The number of benzene rings is 1. The Labute approximate surface area is 168 Å². The molecule has 0 aliphatic heterocycles. The molecule has 1 aromatic carbocycles. The van der Waals surface area contributed by atoms with Crippen LogP contribution in [0.5, 0.6) is 0 Å². The van der Waals surface area contributed by atoms with Crippen LogP contribution in [0.25, 0.3) is 0 Å². The first-order valence-corrected chi connectivity index (χ1v) is 10.4. The van der Waals surface area contributed by atoms with Crippen molar-refractivity contribution in [3.63, 3.8) is 0 Å². The fraction of sp³-hybridized carbons (Fsp3) is 0.522. The Bertz CT molecular complexity index is 762. The van der Waals surface area contributed by atoms with Gasteiger partial charge < -0.3 is 5.32 Å². The van der Waals surface area contributed by atoms with Crippen LogP contribution in [0, 0.1) is 17.8 Å². The maximum Gasteiger partial charge on any atom is 0.223 e. The van der Waals surface area contributed by atoms with E-state index < -0.39 is 0 Å². The average molecular weight is 386 g/mol. The maximum absolute atomic E-state index is 11.1. The van der Waals surface area contributed by atoms with E-state index in [9.17, 15) is 4.79 Å². The van der Waals surface area contributed by atoms with Crippen molar-refractivity contribution in [1.82, 2.24) is 4.98 Å². The first-order valence-electron chi connectivity index (χ1n) is 9.51. The number of nitrogens with one attached hydrogen (secondary N) is 1. The van der Waals surface area contributed by atoms with E-state index in [0.717, 1.165) is 18.5 Å². The summed E-state index contributed by atoms with van der Waals surface area (Å²) >= 11 is 1.47. The van der Waals surface area contributed by atoms with Crippen LogP contribution in [0.2, 0.25) is 0 Å². The summed E-state index contributed by atoms with van der Waals surface area (Å²) in [5, 5.41) is 5.42. The van der Waals surface area contributed by atoms with E-state index >= 15 is 0 Å². The van der Waals surface area contributed by atoms with Crippen LogP contribution >= 0.6 is 11.3 Å². The molecule has 1 amide bonds. The maximum atomic E-state index is 11.1. The number of nitrogens with zero attached hydrogens (tertiary/aromatic N) is 1. The molecule has 147 valence electrons. The van der Waals surface area contributed by atoms with Crippen LogP contribution in [0.3, 0.4) is 0 Å². The number of amides is 1. The molecule has 0 aliphatic carbocycles. The molecule has 2 rings (SSSR count). The van der Waals surface area contributed by atoms with Gasteiger partial charge in [-0.2, -0.15) is 0 Å². The zero-order valence-corrected chi connectivity index (χ0v) is 18.6. The van der Waals surface area contributed by atoms with Gasteiger partial charge in [-0.05, 0) is 41.7 Å². The number of carbonyl (C=O) groups excluding carboxylic acids is 1. The molecule has 27 heavy (non-hydrogen) atoms. The van der Waals surface area contributed by atoms with E-state index in [0.29, 0.717) is 5.13 Å². The van der Waals surface area contributed by atoms with E-state index in [1.165, 1.54) is 29.4 Å². The molecule has 1 aromatic heterocycles. The number of aryl methyl sites for hydroxylation is 2. The molecular formula is C23H33N2OS. The second-order valence-corrected chi connectivity index (χ2v) is 10.3. The zero-order valence-electron chi connectivity index (χ0n) is 17.8. The third-order valence-electron chi connectivity index (χ3n) is 5.51. The fourth-order valence-corrected chi connectivity index (χ4v) is 4.64. The number of aromatic nitrogens is 1. The quantitative estimate of drug-likeness (QED) is 0.680. The van der Waals surface area contributed by atoms with Crippen LogP contribution in [-0.4, -0.2) is 10.9 Å². The number of hydrogen-bond acceptors (Lipinski definition) is 3. The summed E-state index contributed by atoms with van der Waals surface area (Å²) in [4.78, 5) is 15.6. The van der Waals surface area contributed by atoms with Crippen molar-refractivity contribution in [2.75, 3.05) is 5.32 Å². The SMILES string of the molecule is [CH2]C(c1ccc(CCc2csc(NC(C)=O)n2)cc1)(C(C)(C)C)C(C)(C)C. The fourth-order valence-electron chi connectivity index (χ4n) is 3.85. The highest BCUT2D eigenvalue weighted by Gasteiger charge is 2.47. The lowest BCUT2D eigenvalue weighted by atomic mass is 9.52. The summed E-state index contributed by atoms with van der Waals surface area (Å²) in [6.45, 7) is 19.8. The molecule has 3 nitrogen and oxygen atoms in total. The van der Waals surface area contributed by atoms with Gasteiger partial charge in [0, 0.05) is 17.7 Å². The molecule has 1 heterocycles.